The van der Waals surface area contributed by atoms with Gasteiger partial charge >= 0.3 is 12.4 Å². The molecule has 0 fully saturated rings. The maximum absolute atomic E-state index is 12.6. The number of imidazole rings is 1. The maximum atomic E-state index is 12.6. The monoisotopic (exact) mass is 310 g/mol. The second kappa shape index (κ2) is 4.97. The van der Waals surface area contributed by atoms with Crippen LogP contribution in [-0.2, 0) is 12.4 Å². The summed E-state index contributed by atoms with van der Waals surface area (Å²) in [6.07, 6.45) is -10.4. The topological polar surface area (TPSA) is 37.9 Å². The molecule has 1 aromatic carbocycles. The first kappa shape index (κ1) is 15.2. The fourth-order valence-corrected chi connectivity index (χ4v) is 1.67. The van der Waals surface area contributed by atoms with Crippen LogP contribution in [-0.4, -0.2) is 17.1 Å². The predicted molar refractivity (Wildman–Crippen MR) is 60.6 cm³/mol. The molecular weight excluding hydrogens is 302 g/mol. The second-order valence-corrected chi connectivity index (χ2v) is 4.03. The van der Waals surface area contributed by atoms with Gasteiger partial charge in [-0.15, -0.1) is 0 Å². The highest BCUT2D eigenvalue weighted by Crippen LogP contribution is 2.40. The number of halogens is 6. The van der Waals surface area contributed by atoms with Gasteiger partial charge in [0.2, 0.25) is 0 Å². The van der Waals surface area contributed by atoms with Gasteiger partial charge in [-0.1, -0.05) is 0 Å². The molecule has 1 N–H and O–H groups in total. The first-order chi connectivity index (χ1) is 9.63. The van der Waals surface area contributed by atoms with Crippen molar-refractivity contribution in [3.05, 3.63) is 35.7 Å². The standard InChI is InChI=1S/C12H8F6N2O/c1-21-7-4-2-6(3-5-7)10-19-8(11(13,14)15)9(20-10)12(16,17)18/h2-5H,1H3,(H,19,20). The molecule has 0 aliphatic rings. The third kappa shape index (κ3) is 3.11. The van der Waals surface area contributed by atoms with E-state index in [-0.39, 0.29) is 5.56 Å². The maximum Gasteiger partial charge on any atom is 0.435 e. The van der Waals surface area contributed by atoms with Crippen molar-refractivity contribution in [2.45, 2.75) is 12.4 Å². The zero-order valence-corrected chi connectivity index (χ0v) is 10.4. The Morgan fingerprint density at radius 2 is 1.52 bits per heavy atom. The van der Waals surface area contributed by atoms with Crippen LogP contribution in [0.2, 0.25) is 0 Å². The van der Waals surface area contributed by atoms with Crippen molar-refractivity contribution in [3.63, 3.8) is 0 Å². The number of aromatic amines is 1. The van der Waals surface area contributed by atoms with Crippen molar-refractivity contribution < 1.29 is 31.1 Å². The summed E-state index contributed by atoms with van der Waals surface area (Å²) in [5, 5.41) is 0. The molecule has 0 amide bonds. The van der Waals surface area contributed by atoms with Gasteiger partial charge in [0.15, 0.2) is 11.4 Å². The van der Waals surface area contributed by atoms with Crippen LogP contribution in [0.1, 0.15) is 11.4 Å². The van der Waals surface area contributed by atoms with E-state index in [1.165, 1.54) is 31.4 Å². The van der Waals surface area contributed by atoms with Crippen LogP contribution >= 0.6 is 0 Å². The summed E-state index contributed by atoms with van der Waals surface area (Å²) >= 11 is 0. The zero-order chi connectivity index (χ0) is 15.8. The molecule has 0 aliphatic carbocycles. The minimum absolute atomic E-state index is 0.0804. The highest BCUT2D eigenvalue weighted by Gasteiger charge is 2.46. The Hall–Kier alpha value is -2.19. The minimum atomic E-state index is -5.20. The Bertz CT molecular complexity index is 595. The number of rotatable bonds is 2. The quantitative estimate of drug-likeness (QED) is 0.847. The van der Waals surface area contributed by atoms with Crippen LogP contribution in [0.3, 0.4) is 0 Å². The van der Waals surface area contributed by atoms with Crippen molar-refractivity contribution in [1.29, 1.82) is 0 Å². The summed E-state index contributed by atoms with van der Waals surface area (Å²) in [6.45, 7) is 0. The molecule has 2 rings (SSSR count). The van der Waals surface area contributed by atoms with E-state index in [9.17, 15) is 26.3 Å². The summed E-state index contributed by atoms with van der Waals surface area (Å²) in [5.41, 5.74) is -3.82. The molecule has 1 heterocycles. The SMILES string of the molecule is COc1ccc(-c2nc(C(F)(F)F)c(C(F)(F)F)[nH]2)cc1. The Morgan fingerprint density at radius 3 is 1.90 bits per heavy atom. The second-order valence-electron chi connectivity index (χ2n) is 4.03. The molecule has 3 nitrogen and oxygen atoms in total. The molecule has 0 saturated heterocycles. The van der Waals surface area contributed by atoms with Crippen LogP contribution in [0.25, 0.3) is 11.4 Å². The van der Waals surface area contributed by atoms with Gasteiger partial charge in [0.25, 0.3) is 0 Å². The third-order valence-corrected chi connectivity index (χ3v) is 2.62. The normalized spacial score (nSPS) is 12.5. The average molecular weight is 310 g/mol. The fraction of sp³-hybridized carbons (Fsp3) is 0.250. The molecule has 0 bridgehead atoms. The summed E-state index contributed by atoms with van der Waals surface area (Å²) in [5.74, 6) is -0.102. The van der Waals surface area contributed by atoms with Gasteiger partial charge in [-0.05, 0) is 24.3 Å². The van der Waals surface area contributed by atoms with Crippen molar-refractivity contribution >= 4 is 0 Å². The lowest BCUT2D eigenvalue weighted by Gasteiger charge is -2.08. The van der Waals surface area contributed by atoms with Gasteiger partial charge in [0, 0.05) is 5.56 Å². The van der Waals surface area contributed by atoms with E-state index in [4.69, 9.17) is 4.74 Å². The number of nitrogens with one attached hydrogen (secondary N) is 1. The summed E-state index contributed by atoms with van der Waals surface area (Å²) in [4.78, 5) is 4.72. The smallest absolute Gasteiger partial charge is 0.435 e. The zero-order valence-electron chi connectivity index (χ0n) is 10.4. The number of benzene rings is 1. The van der Waals surface area contributed by atoms with Crippen LogP contribution in [0, 0.1) is 0 Å². The van der Waals surface area contributed by atoms with Crippen LogP contribution in [0.5, 0.6) is 5.75 Å². The molecule has 2 aromatic rings. The number of H-pyrrole nitrogens is 1. The number of ether oxygens (including phenoxy) is 1. The van der Waals surface area contributed by atoms with E-state index in [0.717, 1.165) is 0 Å². The van der Waals surface area contributed by atoms with E-state index in [1.807, 2.05) is 0 Å². The highest BCUT2D eigenvalue weighted by molar-refractivity contribution is 5.57. The van der Waals surface area contributed by atoms with Crippen LogP contribution in [0.15, 0.2) is 24.3 Å². The predicted octanol–water partition coefficient (Wildman–Crippen LogP) is 4.12. The lowest BCUT2D eigenvalue weighted by atomic mass is 10.2. The van der Waals surface area contributed by atoms with Gasteiger partial charge in [-0.2, -0.15) is 26.3 Å². The molecule has 114 valence electrons. The first-order valence-corrected chi connectivity index (χ1v) is 5.51. The first-order valence-electron chi connectivity index (χ1n) is 5.51. The lowest BCUT2D eigenvalue weighted by Crippen LogP contribution is -2.16. The number of hydrogen-bond acceptors (Lipinski definition) is 2. The highest BCUT2D eigenvalue weighted by atomic mass is 19.4. The molecule has 0 spiro atoms. The number of methoxy groups -OCH3 is 1. The van der Waals surface area contributed by atoms with Gasteiger partial charge in [0.05, 0.1) is 7.11 Å². The Balaban J connectivity index is 2.53. The third-order valence-electron chi connectivity index (χ3n) is 2.62. The number of aromatic nitrogens is 2. The van der Waals surface area contributed by atoms with Crippen molar-refractivity contribution in [2.75, 3.05) is 7.11 Å². The van der Waals surface area contributed by atoms with E-state index >= 15 is 0 Å². The number of nitrogens with zero attached hydrogens (tertiary/aromatic N) is 1. The van der Waals surface area contributed by atoms with E-state index < -0.39 is 29.6 Å². The lowest BCUT2D eigenvalue weighted by molar-refractivity contribution is -0.165. The van der Waals surface area contributed by atoms with Gasteiger partial charge in [0.1, 0.15) is 11.6 Å². The molecule has 0 atom stereocenters. The number of alkyl halides is 6. The van der Waals surface area contributed by atoms with E-state index in [0.29, 0.717) is 5.75 Å². The molecule has 0 aliphatic heterocycles. The summed E-state index contributed by atoms with van der Waals surface area (Å²) in [6, 6.07) is 5.41. The van der Waals surface area contributed by atoms with Crippen molar-refractivity contribution in [3.8, 4) is 17.1 Å². The van der Waals surface area contributed by atoms with E-state index in [1.54, 1.807) is 4.98 Å². The van der Waals surface area contributed by atoms with Gasteiger partial charge in [-0.25, -0.2) is 4.98 Å². The minimum Gasteiger partial charge on any atom is -0.497 e. The van der Waals surface area contributed by atoms with Gasteiger partial charge in [-0.3, -0.25) is 0 Å². The largest absolute Gasteiger partial charge is 0.497 e. The summed E-state index contributed by atoms with van der Waals surface area (Å²) < 4.78 is 80.6. The summed E-state index contributed by atoms with van der Waals surface area (Å²) in [7, 11) is 1.38. The fourth-order valence-electron chi connectivity index (χ4n) is 1.67. The molecule has 0 radical (unpaired) electrons. The van der Waals surface area contributed by atoms with Gasteiger partial charge < -0.3 is 9.72 Å². The molecule has 1 aromatic heterocycles. The molecular formula is C12H8F6N2O. The number of hydrogen-bond donors (Lipinski definition) is 1. The van der Waals surface area contributed by atoms with Crippen molar-refractivity contribution in [2.24, 2.45) is 0 Å². The van der Waals surface area contributed by atoms with Crippen molar-refractivity contribution in [1.82, 2.24) is 9.97 Å². The van der Waals surface area contributed by atoms with Crippen LogP contribution in [0.4, 0.5) is 26.3 Å². The Morgan fingerprint density at radius 1 is 0.952 bits per heavy atom. The molecule has 0 unspecified atom stereocenters. The van der Waals surface area contributed by atoms with E-state index in [2.05, 4.69) is 4.98 Å². The Kier molecular flexibility index (Phi) is 3.60. The molecule has 9 heteroatoms. The average Bonchev–Trinajstić information content (AvgIpc) is 2.84. The molecule has 0 saturated carbocycles. The van der Waals surface area contributed by atoms with Crippen LogP contribution < -0.4 is 4.74 Å². The molecule has 21 heavy (non-hydrogen) atoms. The Labute approximate surface area is 114 Å².